The fourth-order valence-corrected chi connectivity index (χ4v) is 1.79. The van der Waals surface area contributed by atoms with Crippen LogP contribution in [0.3, 0.4) is 0 Å². The molecule has 0 saturated carbocycles. The zero-order valence-electron chi connectivity index (χ0n) is 11.5. The molecule has 2 nitrogen and oxygen atoms in total. The molecule has 0 amide bonds. The third-order valence-corrected chi connectivity index (χ3v) is 2.92. The predicted molar refractivity (Wildman–Crippen MR) is 76.4 cm³/mol. The summed E-state index contributed by atoms with van der Waals surface area (Å²) < 4.78 is 5.74. The normalized spacial score (nSPS) is 10.8. The Morgan fingerprint density at radius 3 is 2.21 bits per heavy atom. The number of hydrogen-bond acceptors (Lipinski definition) is 2. The van der Waals surface area contributed by atoms with Crippen molar-refractivity contribution in [3.63, 3.8) is 0 Å². The highest BCUT2D eigenvalue weighted by atomic mass is 16.5. The maximum Gasteiger partial charge on any atom is 0.128 e. The van der Waals surface area contributed by atoms with E-state index in [2.05, 4.69) is 39.0 Å². The molecular weight excluding hydrogens is 234 g/mol. The van der Waals surface area contributed by atoms with Gasteiger partial charge in [0, 0.05) is 0 Å². The summed E-state index contributed by atoms with van der Waals surface area (Å²) in [6, 6.07) is 17.3. The summed E-state index contributed by atoms with van der Waals surface area (Å²) in [4.78, 5) is 0. The highest BCUT2D eigenvalue weighted by Crippen LogP contribution is 2.27. The van der Waals surface area contributed by atoms with Gasteiger partial charge in [-0.05, 0) is 41.3 Å². The Kier molecular flexibility index (Phi) is 3.57. The first-order chi connectivity index (χ1) is 8.99. The van der Waals surface area contributed by atoms with Gasteiger partial charge in [0.25, 0.3) is 0 Å². The lowest BCUT2D eigenvalue weighted by Crippen LogP contribution is -2.10. The van der Waals surface area contributed by atoms with Crippen LogP contribution in [0.4, 0.5) is 0 Å². The lowest BCUT2D eigenvalue weighted by atomic mass is 9.87. The van der Waals surface area contributed by atoms with Crippen molar-refractivity contribution in [1.82, 2.24) is 0 Å². The van der Waals surface area contributed by atoms with Crippen LogP contribution in [0.2, 0.25) is 0 Å². The van der Waals surface area contributed by atoms with Gasteiger partial charge >= 0.3 is 0 Å². The molecule has 2 aromatic carbocycles. The molecule has 0 aliphatic rings. The van der Waals surface area contributed by atoms with E-state index in [0.29, 0.717) is 11.3 Å². The lowest BCUT2D eigenvalue weighted by molar-refractivity contribution is 0.481. The van der Waals surface area contributed by atoms with Crippen LogP contribution >= 0.6 is 0 Å². The largest absolute Gasteiger partial charge is 0.457 e. The first-order valence-electron chi connectivity index (χ1n) is 6.27. The van der Waals surface area contributed by atoms with Gasteiger partial charge in [-0.3, -0.25) is 0 Å². The van der Waals surface area contributed by atoms with Gasteiger partial charge in [0.2, 0.25) is 0 Å². The van der Waals surface area contributed by atoms with Gasteiger partial charge in [-0.1, -0.05) is 39.0 Å². The third kappa shape index (κ3) is 3.35. The Balaban J connectivity index is 2.18. The maximum atomic E-state index is 8.85. The number of hydrogen-bond donors (Lipinski definition) is 0. The SMILES string of the molecule is CC(C)(C)c1ccc(Oc2cccc(C#N)c2)cc1. The maximum absolute atomic E-state index is 8.85. The van der Waals surface area contributed by atoms with E-state index in [1.54, 1.807) is 12.1 Å². The van der Waals surface area contributed by atoms with E-state index in [4.69, 9.17) is 10.00 Å². The Hall–Kier alpha value is -2.27. The van der Waals surface area contributed by atoms with Crippen molar-refractivity contribution in [3.8, 4) is 17.6 Å². The second-order valence-electron chi connectivity index (χ2n) is 5.52. The zero-order valence-corrected chi connectivity index (χ0v) is 11.5. The minimum Gasteiger partial charge on any atom is -0.457 e. The van der Waals surface area contributed by atoms with Crippen LogP contribution in [-0.4, -0.2) is 0 Å². The van der Waals surface area contributed by atoms with Crippen molar-refractivity contribution >= 4 is 0 Å². The Bertz CT molecular complexity index is 600. The van der Waals surface area contributed by atoms with Gasteiger partial charge in [-0.25, -0.2) is 0 Å². The number of benzene rings is 2. The molecule has 0 fully saturated rings. The summed E-state index contributed by atoms with van der Waals surface area (Å²) in [5, 5.41) is 8.85. The standard InChI is InChI=1S/C17H17NO/c1-17(2,3)14-7-9-15(10-8-14)19-16-6-4-5-13(11-16)12-18/h4-11H,1-3H3. The van der Waals surface area contributed by atoms with Crippen LogP contribution in [-0.2, 0) is 5.41 Å². The van der Waals surface area contributed by atoms with E-state index in [1.165, 1.54) is 5.56 Å². The molecule has 2 heteroatoms. The molecule has 0 unspecified atom stereocenters. The van der Waals surface area contributed by atoms with Crippen molar-refractivity contribution in [1.29, 1.82) is 5.26 Å². The second kappa shape index (κ2) is 5.16. The van der Waals surface area contributed by atoms with E-state index in [0.717, 1.165) is 5.75 Å². The molecule has 0 aliphatic heterocycles. The van der Waals surface area contributed by atoms with Crippen LogP contribution in [0, 0.1) is 11.3 Å². The highest BCUT2D eigenvalue weighted by Gasteiger charge is 2.13. The third-order valence-electron chi connectivity index (χ3n) is 2.92. The summed E-state index contributed by atoms with van der Waals surface area (Å²) in [6.45, 7) is 6.54. The first kappa shape index (κ1) is 13.2. The predicted octanol–water partition coefficient (Wildman–Crippen LogP) is 4.65. The minimum absolute atomic E-state index is 0.138. The minimum atomic E-state index is 0.138. The smallest absolute Gasteiger partial charge is 0.128 e. The average Bonchev–Trinajstić information content (AvgIpc) is 2.38. The van der Waals surface area contributed by atoms with Gasteiger partial charge < -0.3 is 4.74 Å². The molecular formula is C17H17NO. The topological polar surface area (TPSA) is 33.0 Å². The van der Waals surface area contributed by atoms with Gasteiger partial charge in [-0.2, -0.15) is 5.26 Å². The fourth-order valence-electron chi connectivity index (χ4n) is 1.79. The Morgan fingerprint density at radius 1 is 0.947 bits per heavy atom. The highest BCUT2D eigenvalue weighted by molar-refractivity contribution is 5.39. The van der Waals surface area contributed by atoms with E-state index >= 15 is 0 Å². The average molecular weight is 251 g/mol. The molecule has 0 spiro atoms. The quantitative estimate of drug-likeness (QED) is 0.778. The van der Waals surface area contributed by atoms with E-state index in [9.17, 15) is 0 Å². The molecule has 0 heterocycles. The molecule has 0 aromatic heterocycles. The van der Waals surface area contributed by atoms with Crippen molar-refractivity contribution in [2.45, 2.75) is 26.2 Å². The van der Waals surface area contributed by atoms with E-state index in [1.807, 2.05) is 24.3 Å². The van der Waals surface area contributed by atoms with Crippen molar-refractivity contribution in [2.24, 2.45) is 0 Å². The lowest BCUT2D eigenvalue weighted by Gasteiger charge is -2.19. The second-order valence-corrected chi connectivity index (χ2v) is 5.52. The molecule has 0 atom stereocenters. The number of rotatable bonds is 2. The number of nitrogens with zero attached hydrogens (tertiary/aromatic N) is 1. The molecule has 0 saturated heterocycles. The summed E-state index contributed by atoms with van der Waals surface area (Å²) in [5.74, 6) is 1.46. The van der Waals surface area contributed by atoms with Gasteiger partial charge in [0.1, 0.15) is 11.5 Å². The Morgan fingerprint density at radius 2 is 1.63 bits per heavy atom. The van der Waals surface area contributed by atoms with Gasteiger partial charge in [0.05, 0.1) is 11.6 Å². The Labute approximate surface area is 114 Å². The molecule has 0 radical (unpaired) electrons. The van der Waals surface area contributed by atoms with Crippen molar-refractivity contribution in [3.05, 3.63) is 59.7 Å². The van der Waals surface area contributed by atoms with Crippen molar-refractivity contribution < 1.29 is 4.74 Å². The summed E-state index contributed by atoms with van der Waals surface area (Å²) in [7, 11) is 0. The molecule has 0 N–H and O–H groups in total. The van der Waals surface area contributed by atoms with Crippen molar-refractivity contribution in [2.75, 3.05) is 0 Å². The van der Waals surface area contributed by atoms with Crippen LogP contribution in [0.5, 0.6) is 11.5 Å². The number of nitriles is 1. The zero-order chi connectivity index (χ0) is 13.9. The van der Waals surface area contributed by atoms with Crippen LogP contribution in [0.1, 0.15) is 31.9 Å². The summed E-state index contributed by atoms with van der Waals surface area (Å²) in [6.07, 6.45) is 0. The molecule has 0 bridgehead atoms. The first-order valence-corrected chi connectivity index (χ1v) is 6.27. The molecule has 0 aliphatic carbocycles. The fraction of sp³-hybridized carbons (Fsp3) is 0.235. The molecule has 2 aromatic rings. The number of ether oxygens (including phenoxy) is 1. The molecule has 96 valence electrons. The van der Waals surface area contributed by atoms with Crippen LogP contribution in [0.15, 0.2) is 48.5 Å². The van der Waals surface area contributed by atoms with E-state index < -0.39 is 0 Å². The van der Waals surface area contributed by atoms with Crippen LogP contribution in [0.25, 0.3) is 0 Å². The van der Waals surface area contributed by atoms with Gasteiger partial charge in [0.15, 0.2) is 0 Å². The molecule has 2 rings (SSSR count). The monoisotopic (exact) mass is 251 g/mol. The summed E-state index contributed by atoms with van der Waals surface area (Å²) >= 11 is 0. The molecule has 19 heavy (non-hydrogen) atoms. The van der Waals surface area contributed by atoms with E-state index in [-0.39, 0.29) is 5.41 Å². The summed E-state index contributed by atoms with van der Waals surface area (Å²) in [5.41, 5.74) is 2.01. The van der Waals surface area contributed by atoms with Crippen LogP contribution < -0.4 is 4.74 Å². The van der Waals surface area contributed by atoms with Gasteiger partial charge in [-0.15, -0.1) is 0 Å².